The van der Waals surface area contributed by atoms with E-state index in [4.69, 9.17) is 6.42 Å². The maximum absolute atomic E-state index is 10.5. The zero-order chi connectivity index (χ0) is 20.5. The van der Waals surface area contributed by atoms with Gasteiger partial charge in [-0.2, -0.15) is 0 Å². The van der Waals surface area contributed by atoms with Crippen molar-refractivity contribution in [2.75, 3.05) is 25.0 Å². The number of rotatable bonds is 5. The van der Waals surface area contributed by atoms with Crippen LogP contribution in [0.2, 0.25) is 0 Å². The molecule has 1 aliphatic heterocycles. The lowest BCUT2D eigenvalue weighted by Gasteiger charge is -2.34. The molecule has 2 aliphatic carbocycles. The molecular weight excluding hydrogens is 372 g/mol. The van der Waals surface area contributed by atoms with Crippen LogP contribution in [0.25, 0.3) is 11.3 Å². The number of fused-ring (bicyclic) bond motifs is 1. The quantitative estimate of drug-likeness (QED) is 0.741. The van der Waals surface area contributed by atoms with E-state index >= 15 is 0 Å². The molecule has 1 aromatic carbocycles. The summed E-state index contributed by atoms with van der Waals surface area (Å²) in [7, 11) is 0. The molecule has 1 atom stereocenters. The summed E-state index contributed by atoms with van der Waals surface area (Å²) in [5, 5.41) is 23.5. The number of aromatic hydroxyl groups is 1. The van der Waals surface area contributed by atoms with Gasteiger partial charge in [-0.15, -0.1) is 16.6 Å². The number of piperidine rings is 1. The molecule has 5 nitrogen and oxygen atoms in total. The molecule has 3 aliphatic rings. The SMILES string of the molecule is C#Cc1ccc(-c2nnc(N[C@@H]3CCCN(CC4CC4)C3)c3c2CCCC3)c(O)c1. The Labute approximate surface area is 178 Å². The van der Waals surface area contributed by atoms with E-state index in [9.17, 15) is 5.11 Å². The molecule has 0 amide bonds. The molecule has 1 saturated heterocycles. The fraction of sp³-hybridized carbons (Fsp3) is 0.520. The fourth-order valence-electron chi connectivity index (χ4n) is 5.00. The highest BCUT2D eigenvalue weighted by Gasteiger charge is 2.29. The first-order chi connectivity index (χ1) is 14.7. The lowest BCUT2D eigenvalue weighted by atomic mass is 9.88. The third kappa shape index (κ3) is 4.02. The molecule has 0 spiro atoms. The van der Waals surface area contributed by atoms with Crippen LogP contribution in [-0.4, -0.2) is 45.9 Å². The van der Waals surface area contributed by atoms with E-state index in [2.05, 4.69) is 26.3 Å². The minimum atomic E-state index is 0.177. The Bertz CT molecular complexity index is 976. The van der Waals surface area contributed by atoms with Gasteiger partial charge < -0.3 is 15.3 Å². The number of likely N-dealkylation sites (tertiary alicyclic amines) is 1. The number of nitrogens with one attached hydrogen (secondary N) is 1. The third-order valence-electron chi connectivity index (χ3n) is 6.77. The summed E-state index contributed by atoms with van der Waals surface area (Å²) in [5.74, 6) is 4.63. The van der Waals surface area contributed by atoms with Gasteiger partial charge in [0, 0.05) is 35.8 Å². The van der Waals surface area contributed by atoms with Gasteiger partial charge in [-0.25, -0.2) is 0 Å². The van der Waals surface area contributed by atoms with Crippen molar-refractivity contribution in [3.8, 4) is 29.4 Å². The van der Waals surface area contributed by atoms with E-state index in [0.29, 0.717) is 11.6 Å². The molecule has 5 heteroatoms. The van der Waals surface area contributed by atoms with E-state index in [1.807, 2.05) is 12.1 Å². The highest BCUT2D eigenvalue weighted by Crippen LogP contribution is 2.37. The predicted molar refractivity (Wildman–Crippen MR) is 120 cm³/mol. The van der Waals surface area contributed by atoms with Crippen LogP contribution in [0.5, 0.6) is 5.75 Å². The number of terminal acetylenes is 1. The number of phenolic OH excluding ortho intramolecular Hbond substituents is 1. The molecule has 1 saturated carbocycles. The van der Waals surface area contributed by atoms with Gasteiger partial charge in [-0.05, 0) is 87.6 Å². The van der Waals surface area contributed by atoms with E-state index in [1.54, 1.807) is 6.07 Å². The van der Waals surface area contributed by atoms with Gasteiger partial charge in [0.2, 0.25) is 0 Å². The zero-order valence-electron chi connectivity index (χ0n) is 17.5. The molecular formula is C25H30N4O. The Balaban J connectivity index is 1.41. The van der Waals surface area contributed by atoms with Gasteiger partial charge in [-0.1, -0.05) is 5.92 Å². The van der Waals surface area contributed by atoms with E-state index in [1.165, 1.54) is 56.3 Å². The Morgan fingerprint density at radius 2 is 1.93 bits per heavy atom. The van der Waals surface area contributed by atoms with Crippen molar-refractivity contribution in [1.29, 1.82) is 0 Å². The summed E-state index contributed by atoms with van der Waals surface area (Å²) in [4.78, 5) is 2.62. The molecule has 30 heavy (non-hydrogen) atoms. The van der Waals surface area contributed by atoms with Gasteiger partial charge in [0.05, 0.1) is 0 Å². The van der Waals surface area contributed by atoms with Crippen molar-refractivity contribution in [2.45, 2.75) is 57.4 Å². The summed E-state index contributed by atoms with van der Waals surface area (Å²) < 4.78 is 0. The number of benzene rings is 1. The second kappa shape index (κ2) is 8.28. The van der Waals surface area contributed by atoms with Crippen LogP contribution in [0, 0.1) is 18.3 Å². The van der Waals surface area contributed by atoms with E-state index in [-0.39, 0.29) is 5.75 Å². The molecule has 2 aromatic rings. The largest absolute Gasteiger partial charge is 0.507 e. The van der Waals surface area contributed by atoms with E-state index in [0.717, 1.165) is 48.8 Å². The first kappa shape index (κ1) is 19.4. The summed E-state index contributed by atoms with van der Waals surface area (Å²) in [5.41, 5.74) is 4.71. The Hall–Kier alpha value is -2.58. The van der Waals surface area contributed by atoms with Crippen molar-refractivity contribution >= 4 is 5.82 Å². The van der Waals surface area contributed by atoms with Crippen LogP contribution in [0.15, 0.2) is 18.2 Å². The van der Waals surface area contributed by atoms with Crippen LogP contribution in [-0.2, 0) is 12.8 Å². The second-order valence-electron chi connectivity index (χ2n) is 9.12. The van der Waals surface area contributed by atoms with Crippen LogP contribution in [0.4, 0.5) is 5.82 Å². The number of anilines is 1. The van der Waals surface area contributed by atoms with E-state index < -0.39 is 0 Å². The van der Waals surface area contributed by atoms with Crippen LogP contribution >= 0.6 is 0 Å². The van der Waals surface area contributed by atoms with Crippen LogP contribution < -0.4 is 5.32 Å². The summed E-state index contributed by atoms with van der Waals surface area (Å²) in [6.07, 6.45) is 15.0. The van der Waals surface area contributed by atoms with Gasteiger partial charge in [0.15, 0.2) is 5.82 Å². The van der Waals surface area contributed by atoms with Crippen molar-refractivity contribution in [1.82, 2.24) is 15.1 Å². The summed E-state index contributed by atoms with van der Waals surface area (Å²) in [6.45, 7) is 3.58. The van der Waals surface area contributed by atoms with Crippen LogP contribution in [0.3, 0.4) is 0 Å². The van der Waals surface area contributed by atoms with Gasteiger partial charge in [0.1, 0.15) is 11.4 Å². The highest BCUT2D eigenvalue weighted by molar-refractivity contribution is 5.73. The summed E-state index contributed by atoms with van der Waals surface area (Å²) in [6, 6.07) is 5.80. The lowest BCUT2D eigenvalue weighted by molar-refractivity contribution is 0.208. The highest BCUT2D eigenvalue weighted by atomic mass is 16.3. The molecule has 2 N–H and O–H groups in total. The predicted octanol–water partition coefficient (Wildman–Crippen LogP) is 4.00. The molecule has 0 bridgehead atoms. The lowest BCUT2D eigenvalue weighted by Crippen LogP contribution is -2.43. The Kier molecular flexibility index (Phi) is 5.35. The molecule has 5 rings (SSSR count). The van der Waals surface area contributed by atoms with Gasteiger partial charge in [0.25, 0.3) is 0 Å². The third-order valence-corrected chi connectivity index (χ3v) is 6.77. The zero-order valence-corrected chi connectivity index (χ0v) is 17.5. The number of hydrogen-bond donors (Lipinski definition) is 2. The first-order valence-electron chi connectivity index (χ1n) is 11.4. The fourth-order valence-corrected chi connectivity index (χ4v) is 5.00. The Morgan fingerprint density at radius 3 is 2.70 bits per heavy atom. The average molecular weight is 403 g/mol. The standard InChI is InChI=1S/C25H30N4O/c1-2-17-11-12-22(23(30)14-17)24-20-7-3-4-8-21(20)25(28-27-24)26-19-6-5-13-29(16-19)15-18-9-10-18/h1,11-12,14,18-19,30H,3-10,13,15-16H2,(H,26,28)/t19-/m1/s1. The Morgan fingerprint density at radius 1 is 1.10 bits per heavy atom. The number of aromatic nitrogens is 2. The molecule has 1 aromatic heterocycles. The van der Waals surface area contributed by atoms with Crippen molar-refractivity contribution in [3.05, 3.63) is 34.9 Å². The van der Waals surface area contributed by atoms with Gasteiger partial charge in [-0.3, -0.25) is 0 Å². The van der Waals surface area contributed by atoms with Gasteiger partial charge >= 0.3 is 0 Å². The smallest absolute Gasteiger partial charge is 0.152 e. The molecule has 0 unspecified atom stereocenters. The minimum absolute atomic E-state index is 0.177. The number of hydrogen-bond acceptors (Lipinski definition) is 5. The monoisotopic (exact) mass is 402 g/mol. The topological polar surface area (TPSA) is 61.3 Å². The maximum Gasteiger partial charge on any atom is 0.152 e. The van der Waals surface area contributed by atoms with Crippen molar-refractivity contribution in [2.24, 2.45) is 5.92 Å². The maximum atomic E-state index is 10.5. The molecule has 156 valence electrons. The van der Waals surface area contributed by atoms with Crippen molar-refractivity contribution in [3.63, 3.8) is 0 Å². The normalized spacial score (nSPS) is 21.6. The minimum Gasteiger partial charge on any atom is -0.507 e. The average Bonchev–Trinajstić information content (AvgIpc) is 3.58. The summed E-state index contributed by atoms with van der Waals surface area (Å²) >= 11 is 0. The molecule has 2 fully saturated rings. The number of nitrogens with zero attached hydrogens (tertiary/aromatic N) is 3. The number of phenols is 1. The molecule has 0 radical (unpaired) electrons. The van der Waals surface area contributed by atoms with Crippen LogP contribution in [0.1, 0.15) is 55.2 Å². The van der Waals surface area contributed by atoms with Crippen molar-refractivity contribution < 1.29 is 5.11 Å². The first-order valence-corrected chi connectivity index (χ1v) is 11.4. The molecule has 2 heterocycles. The second-order valence-corrected chi connectivity index (χ2v) is 9.12.